The summed E-state index contributed by atoms with van der Waals surface area (Å²) in [5, 5.41) is 15.1. The summed E-state index contributed by atoms with van der Waals surface area (Å²) in [6.07, 6.45) is 0. The summed E-state index contributed by atoms with van der Waals surface area (Å²) in [6, 6.07) is 6.48. The summed E-state index contributed by atoms with van der Waals surface area (Å²) in [7, 11) is 0. The number of fused-ring (bicyclic) bond motifs is 1. The average molecular weight is 339 g/mol. The van der Waals surface area contributed by atoms with E-state index in [1.54, 1.807) is 24.3 Å². The zero-order chi connectivity index (χ0) is 15.7. The van der Waals surface area contributed by atoms with Gasteiger partial charge in [0.1, 0.15) is 6.61 Å². The van der Waals surface area contributed by atoms with Gasteiger partial charge in [-0.05, 0) is 25.1 Å². The van der Waals surface area contributed by atoms with Gasteiger partial charge in [0.25, 0.3) is 0 Å². The number of hydrogen-bond acceptors (Lipinski definition) is 5. The monoisotopic (exact) mass is 338 g/mol. The summed E-state index contributed by atoms with van der Waals surface area (Å²) < 4.78 is 6.51. The zero-order valence-corrected chi connectivity index (χ0v) is 13.1. The summed E-state index contributed by atoms with van der Waals surface area (Å²) >= 11 is 12.1. The molecule has 0 bridgehead atoms. The van der Waals surface area contributed by atoms with Crippen LogP contribution in [0.15, 0.2) is 24.3 Å². The molecule has 0 saturated heterocycles. The third-order valence-corrected chi connectivity index (χ3v) is 3.54. The second-order valence-electron chi connectivity index (χ2n) is 4.50. The van der Waals surface area contributed by atoms with E-state index in [4.69, 9.17) is 27.9 Å². The second-order valence-corrected chi connectivity index (χ2v) is 5.34. The smallest absolute Gasteiger partial charge is 0.317 e. The Hall–Kier alpha value is -1.89. The zero-order valence-electron chi connectivity index (χ0n) is 11.6. The highest BCUT2D eigenvalue weighted by molar-refractivity contribution is 6.36. The first kappa shape index (κ1) is 15.0. The van der Waals surface area contributed by atoms with Crippen LogP contribution in [0.3, 0.4) is 0 Å². The van der Waals surface area contributed by atoms with Gasteiger partial charge < -0.3 is 9.84 Å². The maximum atomic E-state index is 10.0. The minimum absolute atomic E-state index is 0.270. The molecule has 0 aliphatic rings. The summed E-state index contributed by atoms with van der Waals surface area (Å²) in [5.74, 6) is 0.471. The Morgan fingerprint density at radius 3 is 2.77 bits per heavy atom. The largest absolute Gasteiger partial charge is 0.479 e. The van der Waals surface area contributed by atoms with Crippen LogP contribution in [-0.4, -0.2) is 31.3 Å². The van der Waals surface area contributed by atoms with Crippen molar-refractivity contribution in [1.82, 2.24) is 19.6 Å². The third-order valence-electron chi connectivity index (χ3n) is 2.99. The second kappa shape index (κ2) is 6.08. The van der Waals surface area contributed by atoms with Gasteiger partial charge in [-0.15, -0.1) is 5.10 Å². The number of aromatic hydroxyl groups is 1. The highest BCUT2D eigenvalue weighted by Crippen LogP contribution is 2.30. The van der Waals surface area contributed by atoms with E-state index >= 15 is 0 Å². The van der Waals surface area contributed by atoms with E-state index in [-0.39, 0.29) is 12.6 Å². The van der Waals surface area contributed by atoms with E-state index in [1.165, 1.54) is 4.52 Å². The Kier molecular flexibility index (Phi) is 4.15. The van der Waals surface area contributed by atoms with Crippen molar-refractivity contribution in [3.8, 4) is 17.3 Å². The van der Waals surface area contributed by atoms with Crippen LogP contribution in [0.5, 0.6) is 6.01 Å². The van der Waals surface area contributed by atoms with Gasteiger partial charge in [0.15, 0.2) is 11.5 Å². The molecule has 8 heteroatoms. The fourth-order valence-corrected chi connectivity index (χ4v) is 2.51. The highest BCUT2D eigenvalue weighted by atomic mass is 35.5. The van der Waals surface area contributed by atoms with Crippen molar-refractivity contribution in [2.45, 2.75) is 13.5 Å². The predicted octanol–water partition coefficient (Wildman–Crippen LogP) is 3.34. The van der Waals surface area contributed by atoms with E-state index in [9.17, 15) is 5.11 Å². The molecule has 0 aliphatic carbocycles. The van der Waals surface area contributed by atoms with Crippen molar-refractivity contribution < 1.29 is 9.84 Å². The molecule has 0 amide bonds. The minimum atomic E-state index is -0.270. The highest BCUT2D eigenvalue weighted by Gasteiger charge is 2.13. The Labute approximate surface area is 136 Å². The Balaban J connectivity index is 2.07. The quantitative estimate of drug-likeness (QED) is 0.789. The van der Waals surface area contributed by atoms with Crippen LogP contribution < -0.4 is 0 Å². The van der Waals surface area contributed by atoms with Crippen molar-refractivity contribution >= 4 is 28.8 Å². The fraction of sp³-hybridized carbons (Fsp3) is 0.214. The van der Waals surface area contributed by atoms with E-state index in [2.05, 4.69) is 15.1 Å². The topological polar surface area (TPSA) is 72.5 Å². The van der Waals surface area contributed by atoms with Gasteiger partial charge in [0.05, 0.1) is 10.7 Å². The Morgan fingerprint density at radius 2 is 2.05 bits per heavy atom. The molecule has 3 aromatic rings. The lowest BCUT2D eigenvalue weighted by atomic mass is 10.1. The first-order chi connectivity index (χ1) is 10.6. The molecule has 0 atom stereocenters. The van der Waals surface area contributed by atoms with Crippen molar-refractivity contribution in [1.29, 1.82) is 0 Å². The molecular formula is C14H12Cl2N4O2. The average Bonchev–Trinajstić information content (AvgIpc) is 2.88. The maximum Gasteiger partial charge on any atom is 0.317 e. The molecule has 3 rings (SSSR count). The first-order valence-corrected chi connectivity index (χ1v) is 7.33. The molecule has 0 radical (unpaired) electrons. The molecule has 6 nitrogen and oxygen atoms in total. The summed E-state index contributed by atoms with van der Waals surface area (Å²) in [5.41, 5.74) is 1.60. The van der Waals surface area contributed by atoms with Gasteiger partial charge >= 0.3 is 6.01 Å². The van der Waals surface area contributed by atoms with Crippen molar-refractivity contribution in [3.63, 3.8) is 0 Å². The van der Waals surface area contributed by atoms with Crippen molar-refractivity contribution in [3.05, 3.63) is 40.1 Å². The van der Waals surface area contributed by atoms with Crippen LogP contribution in [0, 0.1) is 0 Å². The molecular weight excluding hydrogens is 327 g/mol. The number of hydrogen-bond donors (Lipinski definition) is 1. The molecule has 0 unspecified atom stereocenters. The van der Waals surface area contributed by atoms with Crippen LogP contribution in [0.4, 0.5) is 0 Å². The predicted molar refractivity (Wildman–Crippen MR) is 83.2 cm³/mol. The van der Waals surface area contributed by atoms with E-state index in [1.807, 2.05) is 6.92 Å². The van der Waals surface area contributed by atoms with Crippen LogP contribution in [0.1, 0.15) is 12.7 Å². The SMILES string of the molecule is CCOCc1nc2cc(-c3ccc(Cl)cc3Cl)nc(O)n2n1. The van der Waals surface area contributed by atoms with E-state index in [0.717, 1.165) is 0 Å². The lowest BCUT2D eigenvalue weighted by molar-refractivity contribution is 0.128. The van der Waals surface area contributed by atoms with Crippen LogP contribution >= 0.6 is 23.2 Å². The van der Waals surface area contributed by atoms with Crippen molar-refractivity contribution in [2.24, 2.45) is 0 Å². The third kappa shape index (κ3) is 2.85. The summed E-state index contributed by atoms with van der Waals surface area (Å²) in [4.78, 5) is 8.41. The molecule has 2 aromatic heterocycles. The minimum Gasteiger partial charge on any atom is -0.479 e. The standard InChI is InChI=1S/C14H12Cl2N4O2/c1-2-22-7-12-18-13-6-11(17-14(21)20(13)19-12)9-4-3-8(15)5-10(9)16/h3-6H,2,7H2,1H3,(H,17,21). The molecule has 0 saturated carbocycles. The summed E-state index contributed by atoms with van der Waals surface area (Å²) in [6.45, 7) is 2.72. The molecule has 1 aromatic carbocycles. The Morgan fingerprint density at radius 1 is 1.23 bits per heavy atom. The number of rotatable bonds is 4. The molecule has 0 spiro atoms. The number of halogens is 2. The normalized spacial score (nSPS) is 11.2. The molecule has 114 valence electrons. The molecule has 0 aliphatic heterocycles. The van der Waals surface area contributed by atoms with Crippen molar-refractivity contribution in [2.75, 3.05) is 6.61 Å². The Bertz CT molecular complexity index is 835. The first-order valence-electron chi connectivity index (χ1n) is 6.57. The van der Waals surface area contributed by atoms with Gasteiger partial charge in [-0.25, -0.2) is 4.98 Å². The van der Waals surface area contributed by atoms with Crippen LogP contribution in [-0.2, 0) is 11.3 Å². The molecule has 22 heavy (non-hydrogen) atoms. The number of nitrogens with zero attached hydrogens (tertiary/aromatic N) is 4. The molecule has 1 N–H and O–H groups in total. The lowest BCUT2D eigenvalue weighted by Crippen LogP contribution is -1.96. The van der Waals surface area contributed by atoms with E-state index < -0.39 is 0 Å². The molecule has 0 fully saturated rings. The van der Waals surface area contributed by atoms with Gasteiger partial charge in [0.2, 0.25) is 0 Å². The van der Waals surface area contributed by atoms with Gasteiger partial charge in [-0.2, -0.15) is 9.50 Å². The molecule has 2 heterocycles. The number of aromatic nitrogens is 4. The fourth-order valence-electron chi connectivity index (χ4n) is 2.01. The van der Waals surface area contributed by atoms with Gasteiger partial charge in [0, 0.05) is 23.3 Å². The number of benzene rings is 1. The van der Waals surface area contributed by atoms with Gasteiger partial charge in [-0.1, -0.05) is 23.2 Å². The lowest BCUT2D eigenvalue weighted by Gasteiger charge is -2.05. The van der Waals surface area contributed by atoms with Crippen LogP contribution in [0.2, 0.25) is 10.0 Å². The maximum absolute atomic E-state index is 10.0. The van der Waals surface area contributed by atoms with E-state index in [0.29, 0.717) is 39.4 Å². The van der Waals surface area contributed by atoms with Gasteiger partial charge in [-0.3, -0.25) is 0 Å². The number of ether oxygens (including phenoxy) is 1. The van der Waals surface area contributed by atoms with Crippen LogP contribution in [0.25, 0.3) is 16.9 Å².